The highest BCUT2D eigenvalue weighted by atomic mass is 32.2. The lowest BCUT2D eigenvalue weighted by molar-refractivity contribution is 0.247. The van der Waals surface area contributed by atoms with Gasteiger partial charge < -0.3 is 4.52 Å². The smallest absolute Gasteiger partial charge is 0.227 e. The van der Waals surface area contributed by atoms with Crippen molar-refractivity contribution in [2.24, 2.45) is 5.92 Å². The summed E-state index contributed by atoms with van der Waals surface area (Å²) < 4.78 is 30.8. The van der Waals surface area contributed by atoms with Gasteiger partial charge in [-0.3, -0.25) is 4.98 Å². The minimum absolute atomic E-state index is 0.136. The van der Waals surface area contributed by atoms with Crippen LogP contribution in [0.5, 0.6) is 0 Å². The molecule has 0 amide bonds. The number of sulfonamides is 1. The first-order chi connectivity index (χ1) is 11.1. The van der Waals surface area contributed by atoms with Gasteiger partial charge in [-0.25, -0.2) is 17.7 Å². The molecule has 1 atom stereocenters. The molecule has 1 saturated heterocycles. The van der Waals surface area contributed by atoms with Crippen LogP contribution in [0.2, 0.25) is 0 Å². The Hall–Kier alpha value is -1.87. The summed E-state index contributed by atoms with van der Waals surface area (Å²) in [4.78, 5) is 12.4. The third kappa shape index (κ3) is 3.73. The molecule has 9 heteroatoms. The Morgan fingerprint density at radius 2 is 2.26 bits per heavy atom. The molecule has 0 radical (unpaired) electrons. The summed E-state index contributed by atoms with van der Waals surface area (Å²) in [5.41, 5.74) is 0.557. The van der Waals surface area contributed by atoms with Crippen LogP contribution >= 0.6 is 0 Å². The maximum Gasteiger partial charge on any atom is 0.227 e. The Kier molecular flexibility index (Phi) is 4.67. The average molecular weight is 337 g/mol. The third-order valence-corrected chi connectivity index (χ3v) is 5.81. The zero-order chi connectivity index (χ0) is 16.3. The predicted octanol–water partition coefficient (Wildman–Crippen LogP) is 1.13. The number of aromatic nitrogens is 4. The predicted molar refractivity (Wildman–Crippen MR) is 82.8 cm³/mol. The number of hydrogen-bond donors (Lipinski definition) is 0. The third-order valence-electron chi connectivity index (χ3n) is 3.96. The molecular weight excluding hydrogens is 318 g/mol. The van der Waals surface area contributed by atoms with E-state index in [-0.39, 0.29) is 11.7 Å². The molecule has 2 aromatic rings. The topological polar surface area (TPSA) is 102 Å². The molecule has 124 valence electrons. The summed E-state index contributed by atoms with van der Waals surface area (Å²) in [6.45, 7) is 2.78. The van der Waals surface area contributed by atoms with Crippen molar-refractivity contribution in [2.45, 2.75) is 26.2 Å². The molecule has 2 aromatic heterocycles. The molecule has 0 saturated carbocycles. The Morgan fingerprint density at radius 1 is 1.39 bits per heavy atom. The van der Waals surface area contributed by atoms with E-state index in [0.717, 1.165) is 12.8 Å². The first-order valence-electron chi connectivity index (χ1n) is 7.65. The summed E-state index contributed by atoms with van der Waals surface area (Å²) >= 11 is 0. The molecule has 1 fully saturated rings. The van der Waals surface area contributed by atoms with Crippen molar-refractivity contribution >= 4 is 10.0 Å². The van der Waals surface area contributed by atoms with Gasteiger partial charge in [0.1, 0.15) is 5.69 Å². The second kappa shape index (κ2) is 6.71. The molecule has 23 heavy (non-hydrogen) atoms. The van der Waals surface area contributed by atoms with Gasteiger partial charge in [-0.1, -0.05) is 5.16 Å². The van der Waals surface area contributed by atoms with Gasteiger partial charge in [-0.2, -0.15) is 4.98 Å². The lowest BCUT2D eigenvalue weighted by Gasteiger charge is -2.30. The highest BCUT2D eigenvalue weighted by Gasteiger charge is 2.28. The Bertz CT molecular complexity index is 747. The van der Waals surface area contributed by atoms with Gasteiger partial charge in [0.15, 0.2) is 0 Å². The molecule has 0 aliphatic carbocycles. The van der Waals surface area contributed by atoms with Crippen LogP contribution in [-0.2, 0) is 16.4 Å². The Balaban J connectivity index is 1.67. The number of hydrogen-bond acceptors (Lipinski definition) is 7. The fourth-order valence-corrected chi connectivity index (χ4v) is 3.94. The number of rotatable bonds is 5. The van der Waals surface area contributed by atoms with E-state index in [2.05, 4.69) is 20.1 Å². The van der Waals surface area contributed by atoms with E-state index in [1.54, 1.807) is 29.8 Å². The standard InChI is InChI=1S/C14H19N5O3S/c1-2-23(20,21)19-7-3-4-11(10-19)8-13-17-14(18-22-13)12-9-15-5-6-16-12/h5-6,9,11H,2-4,7-8,10H2,1H3. The molecular formula is C14H19N5O3S. The molecule has 1 aliphatic rings. The van der Waals surface area contributed by atoms with Crippen LogP contribution in [0.3, 0.4) is 0 Å². The van der Waals surface area contributed by atoms with Gasteiger partial charge in [0.25, 0.3) is 0 Å². The fraction of sp³-hybridized carbons (Fsp3) is 0.571. The normalized spacial score (nSPS) is 19.8. The van der Waals surface area contributed by atoms with Gasteiger partial charge in [0, 0.05) is 31.9 Å². The fourth-order valence-electron chi connectivity index (χ4n) is 2.73. The second-order valence-electron chi connectivity index (χ2n) is 5.57. The van der Waals surface area contributed by atoms with E-state index in [1.807, 2.05) is 0 Å². The van der Waals surface area contributed by atoms with Gasteiger partial charge in [0.05, 0.1) is 11.9 Å². The average Bonchev–Trinajstić information content (AvgIpc) is 3.04. The van der Waals surface area contributed by atoms with Crippen molar-refractivity contribution in [3.63, 3.8) is 0 Å². The van der Waals surface area contributed by atoms with Gasteiger partial charge in [-0.05, 0) is 25.7 Å². The zero-order valence-electron chi connectivity index (χ0n) is 12.9. The molecule has 0 spiro atoms. The van der Waals surface area contributed by atoms with Crippen LogP contribution in [0, 0.1) is 5.92 Å². The highest BCUT2D eigenvalue weighted by Crippen LogP contribution is 2.23. The quantitative estimate of drug-likeness (QED) is 0.806. The van der Waals surface area contributed by atoms with Crippen molar-refractivity contribution in [2.75, 3.05) is 18.8 Å². The first kappa shape index (κ1) is 16.0. The second-order valence-corrected chi connectivity index (χ2v) is 7.83. The maximum atomic E-state index is 12.0. The summed E-state index contributed by atoms with van der Waals surface area (Å²) in [7, 11) is -3.14. The van der Waals surface area contributed by atoms with E-state index in [1.165, 1.54) is 0 Å². The maximum absolute atomic E-state index is 12.0. The monoisotopic (exact) mass is 337 g/mol. The van der Waals surface area contributed by atoms with Crippen LogP contribution in [0.1, 0.15) is 25.7 Å². The largest absolute Gasteiger partial charge is 0.339 e. The molecule has 0 aromatic carbocycles. The summed E-state index contributed by atoms with van der Waals surface area (Å²) in [5.74, 6) is 1.24. The van der Waals surface area contributed by atoms with E-state index >= 15 is 0 Å². The highest BCUT2D eigenvalue weighted by molar-refractivity contribution is 7.89. The van der Waals surface area contributed by atoms with E-state index in [0.29, 0.717) is 36.9 Å². The van der Waals surface area contributed by atoms with Gasteiger partial charge >= 0.3 is 0 Å². The van der Waals surface area contributed by atoms with Crippen LogP contribution < -0.4 is 0 Å². The Labute approximate surface area is 135 Å². The molecule has 8 nitrogen and oxygen atoms in total. The van der Waals surface area contributed by atoms with Gasteiger partial charge in [0.2, 0.25) is 21.7 Å². The van der Waals surface area contributed by atoms with Crippen molar-refractivity contribution < 1.29 is 12.9 Å². The summed E-state index contributed by atoms with van der Waals surface area (Å²) in [6.07, 6.45) is 7.11. The minimum Gasteiger partial charge on any atom is -0.339 e. The van der Waals surface area contributed by atoms with Crippen LogP contribution in [-0.4, -0.2) is 51.7 Å². The van der Waals surface area contributed by atoms with Gasteiger partial charge in [-0.15, -0.1) is 0 Å². The van der Waals surface area contributed by atoms with Crippen molar-refractivity contribution in [1.82, 2.24) is 24.4 Å². The Morgan fingerprint density at radius 3 is 3.00 bits per heavy atom. The molecule has 3 heterocycles. The van der Waals surface area contributed by atoms with Crippen molar-refractivity contribution in [1.29, 1.82) is 0 Å². The zero-order valence-corrected chi connectivity index (χ0v) is 13.7. The number of nitrogens with zero attached hydrogens (tertiary/aromatic N) is 5. The first-order valence-corrected chi connectivity index (χ1v) is 9.26. The molecule has 3 rings (SSSR count). The van der Waals surface area contributed by atoms with E-state index in [9.17, 15) is 8.42 Å². The summed E-state index contributed by atoms with van der Waals surface area (Å²) in [5, 5.41) is 3.92. The molecule has 0 bridgehead atoms. The molecule has 0 N–H and O–H groups in total. The van der Waals surface area contributed by atoms with E-state index < -0.39 is 10.0 Å². The molecule has 1 unspecified atom stereocenters. The lowest BCUT2D eigenvalue weighted by atomic mass is 9.96. The number of piperidine rings is 1. The van der Waals surface area contributed by atoms with Crippen LogP contribution in [0.4, 0.5) is 0 Å². The van der Waals surface area contributed by atoms with Crippen molar-refractivity contribution in [3.05, 3.63) is 24.5 Å². The summed E-state index contributed by atoms with van der Waals surface area (Å²) in [6, 6.07) is 0. The van der Waals surface area contributed by atoms with Crippen LogP contribution in [0.15, 0.2) is 23.1 Å². The lowest BCUT2D eigenvalue weighted by Crippen LogP contribution is -2.41. The minimum atomic E-state index is -3.14. The van der Waals surface area contributed by atoms with Crippen molar-refractivity contribution in [3.8, 4) is 11.5 Å². The SMILES string of the molecule is CCS(=O)(=O)N1CCCC(Cc2nc(-c3cnccn3)no2)C1. The van der Waals surface area contributed by atoms with E-state index in [4.69, 9.17) is 4.52 Å². The molecule has 1 aliphatic heterocycles. The van der Waals surface area contributed by atoms with Crippen LogP contribution in [0.25, 0.3) is 11.5 Å².